The minimum absolute atomic E-state index is 0.552. The minimum Gasteiger partial charge on any atom is -0.380 e. The van der Waals surface area contributed by atoms with Crippen molar-refractivity contribution in [2.45, 2.75) is 31.1 Å². The molecule has 0 amide bonds. The van der Waals surface area contributed by atoms with Crippen LogP contribution in [0.1, 0.15) is 19.8 Å². The van der Waals surface area contributed by atoms with Gasteiger partial charge >= 0.3 is 0 Å². The molecule has 3 rings (SSSR count). The van der Waals surface area contributed by atoms with Crippen LogP contribution in [0, 0.1) is 0 Å². The molecule has 0 saturated carbocycles. The highest BCUT2D eigenvalue weighted by Crippen LogP contribution is 2.27. The van der Waals surface area contributed by atoms with Crippen molar-refractivity contribution in [1.29, 1.82) is 0 Å². The van der Waals surface area contributed by atoms with Crippen molar-refractivity contribution < 1.29 is 0 Å². The molecule has 19 heavy (non-hydrogen) atoms. The maximum atomic E-state index is 4.44. The van der Waals surface area contributed by atoms with Crippen LogP contribution < -0.4 is 5.32 Å². The summed E-state index contributed by atoms with van der Waals surface area (Å²) < 4.78 is 1.77. The van der Waals surface area contributed by atoms with E-state index in [0.717, 1.165) is 11.5 Å². The predicted octanol–water partition coefficient (Wildman–Crippen LogP) is 2.96. The van der Waals surface area contributed by atoms with Crippen LogP contribution >= 0.6 is 11.8 Å². The van der Waals surface area contributed by atoms with Gasteiger partial charge in [0, 0.05) is 23.7 Å². The van der Waals surface area contributed by atoms with Crippen LogP contribution in [0.25, 0.3) is 5.82 Å². The van der Waals surface area contributed by atoms with Gasteiger partial charge in [-0.25, -0.2) is 9.67 Å². The van der Waals surface area contributed by atoms with E-state index in [1.807, 2.05) is 36.3 Å². The third-order valence-corrected chi connectivity index (χ3v) is 4.82. The van der Waals surface area contributed by atoms with E-state index < -0.39 is 0 Å². The molecule has 0 aliphatic carbocycles. The zero-order chi connectivity index (χ0) is 13.1. The Hall–Kier alpha value is -1.49. The van der Waals surface area contributed by atoms with Crippen molar-refractivity contribution in [3.63, 3.8) is 0 Å². The zero-order valence-corrected chi connectivity index (χ0v) is 11.8. The number of pyridine rings is 1. The molecular weight excluding hydrogens is 256 g/mol. The maximum absolute atomic E-state index is 4.44. The number of rotatable bonds is 3. The second-order valence-electron chi connectivity index (χ2n) is 4.82. The van der Waals surface area contributed by atoms with Crippen molar-refractivity contribution in [3.05, 3.63) is 36.8 Å². The summed E-state index contributed by atoms with van der Waals surface area (Å²) in [6.45, 7) is 2.30. The first-order chi connectivity index (χ1) is 9.33. The summed E-state index contributed by atoms with van der Waals surface area (Å²) in [7, 11) is 0. The maximum Gasteiger partial charge on any atom is 0.153 e. The summed E-state index contributed by atoms with van der Waals surface area (Å²) >= 11 is 2.05. The molecule has 3 heterocycles. The summed E-state index contributed by atoms with van der Waals surface area (Å²) in [5, 5.41) is 8.43. The molecule has 0 bridgehead atoms. The Morgan fingerprint density at radius 2 is 2.37 bits per heavy atom. The first-order valence-corrected chi connectivity index (χ1v) is 7.72. The molecule has 5 heteroatoms. The van der Waals surface area contributed by atoms with Gasteiger partial charge < -0.3 is 5.32 Å². The number of aromatic nitrogens is 3. The number of anilines is 1. The smallest absolute Gasteiger partial charge is 0.153 e. The zero-order valence-electron chi connectivity index (χ0n) is 11.0. The SMILES string of the molecule is CC1SCCCC1Nc1ccc(-n2cccn2)nc1. The molecule has 1 aliphatic rings. The molecule has 0 radical (unpaired) electrons. The molecular formula is C14H18N4S. The van der Waals surface area contributed by atoms with Crippen LogP contribution in [-0.2, 0) is 0 Å². The van der Waals surface area contributed by atoms with Crippen molar-refractivity contribution in [2.75, 3.05) is 11.1 Å². The topological polar surface area (TPSA) is 42.7 Å². The molecule has 2 unspecified atom stereocenters. The van der Waals surface area contributed by atoms with Gasteiger partial charge in [0.05, 0.1) is 11.9 Å². The number of hydrogen-bond acceptors (Lipinski definition) is 4. The highest BCUT2D eigenvalue weighted by atomic mass is 32.2. The lowest BCUT2D eigenvalue weighted by atomic mass is 10.1. The number of nitrogens with one attached hydrogen (secondary N) is 1. The third kappa shape index (κ3) is 2.92. The average Bonchev–Trinajstić information content (AvgIpc) is 2.96. The van der Waals surface area contributed by atoms with E-state index in [2.05, 4.69) is 28.4 Å². The molecule has 100 valence electrons. The van der Waals surface area contributed by atoms with Crippen molar-refractivity contribution in [2.24, 2.45) is 0 Å². The molecule has 1 N–H and O–H groups in total. The average molecular weight is 274 g/mol. The van der Waals surface area contributed by atoms with E-state index in [1.54, 1.807) is 10.9 Å². The van der Waals surface area contributed by atoms with Gasteiger partial charge in [0.15, 0.2) is 5.82 Å². The van der Waals surface area contributed by atoms with E-state index in [0.29, 0.717) is 11.3 Å². The van der Waals surface area contributed by atoms with Crippen LogP contribution in [0.5, 0.6) is 0 Å². The van der Waals surface area contributed by atoms with Gasteiger partial charge in [0.2, 0.25) is 0 Å². The van der Waals surface area contributed by atoms with E-state index in [9.17, 15) is 0 Å². The van der Waals surface area contributed by atoms with Crippen LogP contribution in [0.3, 0.4) is 0 Å². The van der Waals surface area contributed by atoms with Crippen LogP contribution in [-0.4, -0.2) is 31.8 Å². The highest BCUT2D eigenvalue weighted by molar-refractivity contribution is 8.00. The Bertz CT molecular complexity index is 509. The van der Waals surface area contributed by atoms with Gasteiger partial charge in [-0.2, -0.15) is 16.9 Å². The van der Waals surface area contributed by atoms with E-state index in [4.69, 9.17) is 0 Å². The van der Waals surface area contributed by atoms with Crippen molar-refractivity contribution >= 4 is 17.4 Å². The fraction of sp³-hybridized carbons (Fsp3) is 0.429. The Balaban J connectivity index is 1.69. The van der Waals surface area contributed by atoms with Crippen molar-refractivity contribution in [3.8, 4) is 5.82 Å². The molecule has 0 aromatic carbocycles. The lowest BCUT2D eigenvalue weighted by Crippen LogP contribution is -2.32. The molecule has 4 nitrogen and oxygen atoms in total. The lowest BCUT2D eigenvalue weighted by Gasteiger charge is -2.29. The van der Waals surface area contributed by atoms with Gasteiger partial charge in [-0.3, -0.25) is 0 Å². The standard InChI is InChI=1S/C14H18N4S/c1-11-13(4-2-9-19-11)17-12-5-6-14(15-10-12)18-8-3-7-16-18/h3,5-8,10-11,13,17H,2,4,9H2,1H3. The molecule has 2 aromatic rings. The lowest BCUT2D eigenvalue weighted by molar-refractivity contribution is 0.617. The highest BCUT2D eigenvalue weighted by Gasteiger charge is 2.21. The largest absolute Gasteiger partial charge is 0.380 e. The van der Waals surface area contributed by atoms with Crippen LogP contribution in [0.4, 0.5) is 5.69 Å². The fourth-order valence-corrected chi connectivity index (χ4v) is 3.48. The van der Waals surface area contributed by atoms with Crippen LogP contribution in [0.15, 0.2) is 36.8 Å². The van der Waals surface area contributed by atoms with E-state index in [1.165, 1.54) is 18.6 Å². The van der Waals surface area contributed by atoms with Crippen LogP contribution in [0.2, 0.25) is 0 Å². The third-order valence-electron chi connectivity index (χ3n) is 3.45. The predicted molar refractivity (Wildman–Crippen MR) is 79.9 cm³/mol. The van der Waals surface area contributed by atoms with Gasteiger partial charge in [-0.05, 0) is 36.8 Å². The molecule has 1 fully saturated rings. The Labute approximate surface area is 117 Å². The number of hydrogen-bond donors (Lipinski definition) is 1. The Morgan fingerprint density at radius 1 is 1.42 bits per heavy atom. The summed E-state index contributed by atoms with van der Waals surface area (Å²) in [6.07, 6.45) is 8.09. The summed E-state index contributed by atoms with van der Waals surface area (Å²) in [5.41, 5.74) is 1.09. The second-order valence-corrected chi connectivity index (χ2v) is 6.31. The first kappa shape index (κ1) is 12.5. The quantitative estimate of drug-likeness (QED) is 0.934. The van der Waals surface area contributed by atoms with Crippen molar-refractivity contribution in [1.82, 2.24) is 14.8 Å². The monoisotopic (exact) mass is 274 g/mol. The fourth-order valence-electron chi connectivity index (χ4n) is 2.34. The van der Waals surface area contributed by atoms with Gasteiger partial charge in [-0.1, -0.05) is 6.92 Å². The molecule has 2 atom stereocenters. The normalized spacial score (nSPS) is 23.2. The molecule has 0 spiro atoms. The second kappa shape index (κ2) is 5.65. The summed E-state index contributed by atoms with van der Waals surface area (Å²) in [5.74, 6) is 2.14. The first-order valence-electron chi connectivity index (χ1n) is 6.67. The summed E-state index contributed by atoms with van der Waals surface area (Å²) in [6, 6.07) is 6.52. The Morgan fingerprint density at radius 3 is 3.05 bits per heavy atom. The number of nitrogens with zero attached hydrogens (tertiary/aromatic N) is 3. The number of thioether (sulfide) groups is 1. The van der Waals surface area contributed by atoms with E-state index in [-0.39, 0.29) is 0 Å². The molecule has 1 aliphatic heterocycles. The van der Waals surface area contributed by atoms with Gasteiger partial charge in [-0.15, -0.1) is 0 Å². The van der Waals surface area contributed by atoms with Gasteiger partial charge in [0.1, 0.15) is 0 Å². The van der Waals surface area contributed by atoms with Gasteiger partial charge in [0.25, 0.3) is 0 Å². The molecule has 1 saturated heterocycles. The molecule has 2 aromatic heterocycles. The summed E-state index contributed by atoms with van der Waals surface area (Å²) in [4.78, 5) is 4.44. The minimum atomic E-state index is 0.552. The van der Waals surface area contributed by atoms with E-state index >= 15 is 0 Å². The Kier molecular flexibility index (Phi) is 3.73.